The van der Waals surface area contributed by atoms with Gasteiger partial charge in [0.15, 0.2) is 0 Å². The molecular weight excluding hydrogens is 316 g/mol. The summed E-state index contributed by atoms with van der Waals surface area (Å²) in [6, 6.07) is 0. The van der Waals surface area contributed by atoms with Crippen molar-refractivity contribution in [1.29, 1.82) is 0 Å². The number of allylic oxidation sites excluding steroid dienone is 2. The third kappa shape index (κ3) is 4.10. The number of aromatic nitrogens is 1. The first-order valence-corrected chi connectivity index (χ1v) is 8.52. The van der Waals surface area contributed by atoms with Crippen molar-refractivity contribution in [3.05, 3.63) is 45.9 Å². The van der Waals surface area contributed by atoms with Gasteiger partial charge in [0, 0.05) is 29.1 Å². The quantitative estimate of drug-likeness (QED) is 0.653. The zero-order valence-corrected chi connectivity index (χ0v) is 15.4. The Morgan fingerprint density at radius 3 is 2.28 bits per heavy atom. The van der Waals surface area contributed by atoms with E-state index in [2.05, 4.69) is 16.9 Å². The Morgan fingerprint density at radius 1 is 1.08 bits per heavy atom. The molecule has 1 aromatic heterocycles. The van der Waals surface area contributed by atoms with Crippen LogP contribution in [-0.4, -0.2) is 22.0 Å². The summed E-state index contributed by atoms with van der Waals surface area (Å²) in [5.41, 5.74) is 7.74. The number of hydrogen-bond acceptors (Lipinski definition) is 2. The molecule has 1 aliphatic rings. The molecule has 134 valence electrons. The third-order valence-electron chi connectivity index (χ3n) is 4.92. The number of H-pyrrole nitrogens is 1. The number of carboxylic acid groups (broad SMARTS) is 1. The maximum atomic E-state index is 11.8. The van der Waals surface area contributed by atoms with E-state index in [1.807, 2.05) is 33.8 Å². The fourth-order valence-electron chi connectivity index (χ4n) is 2.92. The zero-order chi connectivity index (χ0) is 18.7. The normalized spacial score (nSPS) is 15.8. The van der Waals surface area contributed by atoms with Crippen LogP contribution in [0.4, 0.5) is 0 Å². The third-order valence-corrected chi connectivity index (χ3v) is 4.92. The number of carbonyl (C=O) groups is 2. The lowest BCUT2D eigenvalue weighted by molar-refractivity contribution is -0.137. The predicted octanol–water partition coefficient (Wildman–Crippen LogP) is 4.10. The van der Waals surface area contributed by atoms with Crippen LogP contribution in [0.2, 0.25) is 0 Å². The molecule has 0 aliphatic carbocycles. The molecule has 5 heteroatoms. The van der Waals surface area contributed by atoms with E-state index in [4.69, 9.17) is 5.11 Å². The molecule has 1 aromatic rings. The van der Waals surface area contributed by atoms with Crippen LogP contribution < -0.4 is 5.32 Å². The standard InChI is InChI=1S/C20H26N2O3/c1-11(8-6-7-9-18(23)24)19-14(4)12(2)16(21-19)10-17-13(3)15(5)20(25)22-17/h10,21H,1,6-9H2,2-5H3,(H,22,25)(H,23,24)/b17-10-. The fourth-order valence-corrected chi connectivity index (χ4v) is 2.92. The molecule has 2 rings (SSSR count). The number of rotatable bonds is 7. The maximum Gasteiger partial charge on any atom is 0.303 e. The molecule has 0 radical (unpaired) electrons. The molecule has 3 N–H and O–H groups in total. The second-order valence-electron chi connectivity index (χ2n) is 6.63. The topological polar surface area (TPSA) is 82.2 Å². The van der Waals surface area contributed by atoms with Crippen molar-refractivity contribution in [1.82, 2.24) is 10.3 Å². The highest BCUT2D eigenvalue weighted by molar-refractivity contribution is 6.00. The van der Waals surface area contributed by atoms with Crippen LogP contribution in [0, 0.1) is 13.8 Å². The minimum Gasteiger partial charge on any atom is -0.481 e. The number of nitrogens with one attached hydrogen (secondary N) is 2. The minimum absolute atomic E-state index is 0.0484. The lowest BCUT2D eigenvalue weighted by Gasteiger charge is -2.05. The predicted molar refractivity (Wildman–Crippen MR) is 99.9 cm³/mol. The van der Waals surface area contributed by atoms with Gasteiger partial charge in [0.05, 0.1) is 0 Å². The van der Waals surface area contributed by atoms with Crippen molar-refractivity contribution in [3.63, 3.8) is 0 Å². The number of unbranched alkanes of at least 4 members (excludes halogenated alkanes) is 1. The van der Waals surface area contributed by atoms with Gasteiger partial charge in [-0.1, -0.05) is 6.58 Å². The van der Waals surface area contributed by atoms with E-state index in [0.717, 1.165) is 57.8 Å². The number of hydrogen-bond donors (Lipinski definition) is 3. The molecule has 0 unspecified atom stereocenters. The Balaban J connectivity index is 2.16. The summed E-state index contributed by atoms with van der Waals surface area (Å²) in [7, 11) is 0. The zero-order valence-electron chi connectivity index (χ0n) is 15.4. The van der Waals surface area contributed by atoms with Gasteiger partial charge in [0.1, 0.15) is 0 Å². The minimum atomic E-state index is -0.760. The summed E-state index contributed by atoms with van der Waals surface area (Å²) in [6.07, 6.45) is 4.37. The Morgan fingerprint density at radius 2 is 1.72 bits per heavy atom. The van der Waals surface area contributed by atoms with Gasteiger partial charge in [0.25, 0.3) is 5.91 Å². The van der Waals surface area contributed by atoms with Crippen LogP contribution in [0.15, 0.2) is 23.4 Å². The van der Waals surface area contributed by atoms with Gasteiger partial charge in [0.2, 0.25) is 0 Å². The van der Waals surface area contributed by atoms with Crippen LogP contribution in [-0.2, 0) is 9.59 Å². The van der Waals surface area contributed by atoms with Crippen LogP contribution in [0.5, 0.6) is 0 Å². The summed E-state index contributed by atoms with van der Waals surface area (Å²) in [5, 5.41) is 11.6. The molecule has 25 heavy (non-hydrogen) atoms. The van der Waals surface area contributed by atoms with E-state index in [0.29, 0.717) is 6.42 Å². The van der Waals surface area contributed by atoms with Crippen LogP contribution >= 0.6 is 0 Å². The Labute approximate surface area is 148 Å². The molecular formula is C20H26N2O3. The largest absolute Gasteiger partial charge is 0.481 e. The van der Waals surface area contributed by atoms with Gasteiger partial charge < -0.3 is 15.4 Å². The highest BCUT2D eigenvalue weighted by atomic mass is 16.4. The first-order chi connectivity index (χ1) is 11.7. The lowest BCUT2D eigenvalue weighted by atomic mass is 10.0. The lowest BCUT2D eigenvalue weighted by Crippen LogP contribution is -2.15. The highest BCUT2D eigenvalue weighted by Gasteiger charge is 2.21. The fraction of sp³-hybridized carbons (Fsp3) is 0.400. The van der Waals surface area contributed by atoms with Crippen molar-refractivity contribution in [2.45, 2.75) is 53.4 Å². The van der Waals surface area contributed by atoms with Gasteiger partial charge in [-0.25, -0.2) is 0 Å². The van der Waals surface area contributed by atoms with Gasteiger partial charge in [-0.2, -0.15) is 0 Å². The van der Waals surface area contributed by atoms with Gasteiger partial charge in [-0.05, 0) is 75.3 Å². The monoisotopic (exact) mass is 342 g/mol. The molecule has 0 saturated heterocycles. The van der Waals surface area contributed by atoms with Crippen molar-refractivity contribution in [3.8, 4) is 0 Å². The van der Waals surface area contributed by atoms with Crippen molar-refractivity contribution < 1.29 is 14.7 Å². The van der Waals surface area contributed by atoms with Gasteiger partial charge in [-0.15, -0.1) is 0 Å². The summed E-state index contributed by atoms with van der Waals surface area (Å²) in [4.78, 5) is 25.8. The summed E-state index contributed by atoms with van der Waals surface area (Å²) >= 11 is 0. The van der Waals surface area contributed by atoms with Crippen molar-refractivity contribution in [2.24, 2.45) is 0 Å². The van der Waals surface area contributed by atoms with Crippen LogP contribution in [0.3, 0.4) is 0 Å². The second-order valence-corrected chi connectivity index (χ2v) is 6.63. The van der Waals surface area contributed by atoms with E-state index in [1.54, 1.807) is 0 Å². The molecule has 0 atom stereocenters. The summed E-state index contributed by atoms with van der Waals surface area (Å²) in [5.74, 6) is -0.809. The molecule has 0 fully saturated rings. The molecule has 1 amide bonds. The van der Waals surface area contributed by atoms with E-state index in [9.17, 15) is 9.59 Å². The Kier molecular flexibility index (Phi) is 5.67. The first-order valence-electron chi connectivity index (χ1n) is 8.52. The second kappa shape index (κ2) is 7.55. The van der Waals surface area contributed by atoms with E-state index < -0.39 is 5.97 Å². The van der Waals surface area contributed by atoms with Crippen molar-refractivity contribution >= 4 is 23.5 Å². The maximum absolute atomic E-state index is 11.8. The van der Waals surface area contributed by atoms with Crippen LogP contribution in [0.25, 0.3) is 11.6 Å². The highest BCUT2D eigenvalue weighted by Crippen LogP contribution is 2.29. The number of aromatic amines is 1. The van der Waals surface area contributed by atoms with Gasteiger partial charge in [-0.3, -0.25) is 9.59 Å². The Hall–Kier alpha value is -2.56. The van der Waals surface area contributed by atoms with E-state index in [1.165, 1.54) is 0 Å². The van der Waals surface area contributed by atoms with Gasteiger partial charge >= 0.3 is 5.97 Å². The number of carboxylic acids is 1. The average Bonchev–Trinajstić information content (AvgIpc) is 2.97. The molecule has 0 saturated carbocycles. The van der Waals surface area contributed by atoms with Crippen LogP contribution in [0.1, 0.15) is 62.0 Å². The molecule has 2 heterocycles. The average molecular weight is 342 g/mol. The molecule has 0 spiro atoms. The number of amides is 1. The first kappa shape index (κ1) is 18.8. The number of aliphatic carboxylic acids is 1. The molecule has 0 bridgehead atoms. The SMILES string of the molecule is C=C(CCCCC(=O)O)c1[nH]c(/C=C2\NC(=O)C(C)=C2C)c(C)c1C. The molecule has 1 aliphatic heterocycles. The smallest absolute Gasteiger partial charge is 0.303 e. The summed E-state index contributed by atoms with van der Waals surface area (Å²) in [6.45, 7) is 12.0. The number of carbonyl (C=O) groups excluding carboxylic acids is 1. The van der Waals surface area contributed by atoms with E-state index >= 15 is 0 Å². The summed E-state index contributed by atoms with van der Waals surface area (Å²) < 4.78 is 0. The molecule has 0 aromatic carbocycles. The van der Waals surface area contributed by atoms with E-state index in [-0.39, 0.29) is 12.3 Å². The Bertz CT molecular complexity index is 794. The van der Waals surface area contributed by atoms with Crippen molar-refractivity contribution in [2.75, 3.05) is 0 Å². The molecule has 5 nitrogen and oxygen atoms in total.